The number of aliphatic hydroxyl groups excluding tert-OH is 2. The summed E-state index contributed by atoms with van der Waals surface area (Å²) < 4.78 is 34.4. The highest BCUT2D eigenvalue weighted by atomic mass is 19.1. The molecule has 0 aliphatic rings. The van der Waals surface area contributed by atoms with E-state index in [1.54, 1.807) is 17.8 Å². The number of hydrogen-bond acceptors (Lipinski definition) is 6. The van der Waals surface area contributed by atoms with Crippen molar-refractivity contribution in [2.45, 2.75) is 64.2 Å². The SMILES string of the molecule is COc1ccc(CN(C)C(=O)c2nn(-c3ccc(F)cc3)c(CC[C@@H](O)C[C@@H](O)CC(=O)O)c2C(C)C)cc1F. The summed E-state index contributed by atoms with van der Waals surface area (Å²) in [6.07, 6.45) is -2.39. The van der Waals surface area contributed by atoms with Gasteiger partial charge in [-0.15, -0.1) is 0 Å². The molecule has 3 N–H and O–H groups in total. The Labute approximate surface area is 231 Å². The van der Waals surface area contributed by atoms with E-state index in [2.05, 4.69) is 5.10 Å². The van der Waals surface area contributed by atoms with Gasteiger partial charge in [-0.05, 0) is 67.1 Å². The van der Waals surface area contributed by atoms with E-state index in [0.29, 0.717) is 22.5 Å². The summed E-state index contributed by atoms with van der Waals surface area (Å²) in [7, 11) is 2.95. The minimum Gasteiger partial charge on any atom is -0.494 e. The van der Waals surface area contributed by atoms with Crippen molar-refractivity contribution in [1.82, 2.24) is 14.7 Å². The maximum absolute atomic E-state index is 14.2. The van der Waals surface area contributed by atoms with Gasteiger partial charge in [-0.3, -0.25) is 9.59 Å². The molecule has 1 heterocycles. The van der Waals surface area contributed by atoms with Crippen molar-refractivity contribution in [2.75, 3.05) is 14.2 Å². The van der Waals surface area contributed by atoms with Crippen molar-refractivity contribution in [3.05, 3.63) is 76.6 Å². The van der Waals surface area contributed by atoms with Crippen molar-refractivity contribution in [2.24, 2.45) is 0 Å². The highest BCUT2D eigenvalue weighted by molar-refractivity contribution is 5.94. The molecule has 3 aromatic rings. The molecule has 3 rings (SSSR count). The lowest BCUT2D eigenvalue weighted by molar-refractivity contribution is -0.139. The number of halogens is 2. The molecule has 1 aromatic heterocycles. The summed E-state index contributed by atoms with van der Waals surface area (Å²) >= 11 is 0. The second kappa shape index (κ2) is 13.5. The average Bonchev–Trinajstić information content (AvgIpc) is 3.26. The van der Waals surface area contributed by atoms with Crippen LogP contribution in [0.4, 0.5) is 8.78 Å². The van der Waals surface area contributed by atoms with Crippen LogP contribution in [0.15, 0.2) is 42.5 Å². The van der Waals surface area contributed by atoms with E-state index in [4.69, 9.17) is 9.84 Å². The van der Waals surface area contributed by atoms with Gasteiger partial charge in [0.15, 0.2) is 17.3 Å². The molecule has 0 aliphatic heterocycles. The van der Waals surface area contributed by atoms with Gasteiger partial charge in [-0.2, -0.15) is 5.10 Å². The Bertz CT molecular complexity index is 1330. The molecule has 0 bridgehead atoms. The Hall–Kier alpha value is -3.83. The van der Waals surface area contributed by atoms with E-state index in [1.807, 2.05) is 13.8 Å². The molecule has 0 spiro atoms. The van der Waals surface area contributed by atoms with Crippen LogP contribution in [0.25, 0.3) is 5.69 Å². The van der Waals surface area contributed by atoms with Crippen molar-refractivity contribution >= 4 is 11.9 Å². The normalized spacial score (nSPS) is 12.8. The number of carbonyl (C=O) groups excluding carboxylic acids is 1. The first-order valence-corrected chi connectivity index (χ1v) is 12.9. The molecule has 216 valence electrons. The first-order chi connectivity index (χ1) is 18.9. The monoisotopic (exact) mass is 559 g/mol. The molecular weight excluding hydrogens is 524 g/mol. The summed E-state index contributed by atoms with van der Waals surface area (Å²) in [6, 6.07) is 10.1. The Kier molecular flexibility index (Phi) is 10.4. The third-order valence-corrected chi connectivity index (χ3v) is 6.52. The van der Waals surface area contributed by atoms with Crippen LogP contribution < -0.4 is 4.74 Å². The summed E-state index contributed by atoms with van der Waals surface area (Å²) in [5, 5.41) is 33.9. The van der Waals surface area contributed by atoms with E-state index >= 15 is 0 Å². The van der Waals surface area contributed by atoms with Gasteiger partial charge >= 0.3 is 5.97 Å². The molecule has 40 heavy (non-hydrogen) atoms. The zero-order valence-electron chi connectivity index (χ0n) is 23.0. The van der Waals surface area contributed by atoms with Gasteiger partial charge in [0.1, 0.15) is 5.82 Å². The number of benzene rings is 2. The predicted molar refractivity (Wildman–Crippen MR) is 144 cm³/mol. The summed E-state index contributed by atoms with van der Waals surface area (Å²) in [5.74, 6) is -2.61. The maximum Gasteiger partial charge on any atom is 0.305 e. The number of methoxy groups -OCH3 is 1. The number of rotatable bonds is 13. The lowest BCUT2D eigenvalue weighted by atomic mass is 9.95. The number of ether oxygens (including phenoxy) is 1. The second-order valence-corrected chi connectivity index (χ2v) is 10.1. The van der Waals surface area contributed by atoms with E-state index < -0.39 is 42.1 Å². The largest absolute Gasteiger partial charge is 0.494 e. The number of carbonyl (C=O) groups is 2. The molecule has 11 heteroatoms. The molecule has 0 aliphatic carbocycles. The summed E-state index contributed by atoms with van der Waals surface area (Å²) in [6.45, 7) is 3.91. The Morgan fingerprint density at radius 1 is 1.07 bits per heavy atom. The number of amides is 1. The molecule has 0 unspecified atom stereocenters. The molecule has 9 nitrogen and oxygen atoms in total. The average molecular weight is 560 g/mol. The van der Waals surface area contributed by atoms with Crippen molar-refractivity contribution in [1.29, 1.82) is 0 Å². The standard InChI is InChI=1S/C29H35F2N3O6/c1-17(2)27-24(11-10-21(35)14-22(36)15-26(37)38)34(20-8-6-19(30)7-9-20)32-28(27)29(39)33(3)16-18-5-12-25(40-4)23(31)13-18/h5-9,12-13,17,21-22,35-36H,10-11,14-16H2,1-4H3,(H,37,38)/t21-,22-/m1/s1. The summed E-state index contributed by atoms with van der Waals surface area (Å²) in [4.78, 5) is 25.9. The Morgan fingerprint density at radius 3 is 2.33 bits per heavy atom. The van der Waals surface area contributed by atoms with Crippen LogP contribution in [-0.4, -0.2) is 68.2 Å². The molecule has 1 amide bonds. The number of nitrogens with zero attached hydrogens (tertiary/aromatic N) is 3. The first-order valence-electron chi connectivity index (χ1n) is 12.9. The number of aromatic nitrogens is 2. The molecule has 2 aromatic carbocycles. The number of aliphatic carboxylic acids is 1. The van der Waals surface area contributed by atoms with Crippen LogP contribution in [0.1, 0.15) is 66.3 Å². The quantitative estimate of drug-likeness (QED) is 0.288. The highest BCUT2D eigenvalue weighted by Gasteiger charge is 2.28. The van der Waals surface area contributed by atoms with E-state index in [0.717, 1.165) is 0 Å². The van der Waals surface area contributed by atoms with Crippen molar-refractivity contribution < 1.29 is 38.4 Å². The van der Waals surface area contributed by atoms with Crippen LogP contribution >= 0.6 is 0 Å². The highest BCUT2D eigenvalue weighted by Crippen LogP contribution is 2.29. The summed E-state index contributed by atoms with van der Waals surface area (Å²) in [5.41, 5.74) is 2.51. The lowest BCUT2D eigenvalue weighted by Crippen LogP contribution is -2.27. The van der Waals surface area contributed by atoms with Crippen LogP contribution in [0.5, 0.6) is 5.75 Å². The predicted octanol–water partition coefficient (Wildman–Crippen LogP) is 4.07. The molecular formula is C29H35F2N3O6. The minimum atomic E-state index is -1.20. The van der Waals surface area contributed by atoms with Crippen LogP contribution in [0.3, 0.4) is 0 Å². The third kappa shape index (κ3) is 7.64. The first kappa shape index (κ1) is 30.7. The third-order valence-electron chi connectivity index (χ3n) is 6.52. The molecule has 0 fully saturated rings. The zero-order chi connectivity index (χ0) is 29.6. The van der Waals surface area contributed by atoms with Crippen LogP contribution in [0, 0.1) is 11.6 Å². The fourth-order valence-electron chi connectivity index (χ4n) is 4.62. The van der Waals surface area contributed by atoms with Crippen molar-refractivity contribution in [3.8, 4) is 11.4 Å². The molecule has 0 saturated carbocycles. The molecule has 0 saturated heterocycles. The fourth-order valence-corrected chi connectivity index (χ4v) is 4.62. The van der Waals surface area contributed by atoms with E-state index in [-0.39, 0.29) is 43.2 Å². The number of hydrogen-bond donors (Lipinski definition) is 3. The van der Waals surface area contributed by atoms with Gasteiger partial charge in [0, 0.05) is 24.8 Å². The zero-order valence-corrected chi connectivity index (χ0v) is 23.0. The maximum atomic E-state index is 14.2. The Morgan fingerprint density at radius 2 is 1.75 bits per heavy atom. The number of aliphatic hydroxyl groups is 2. The number of carboxylic acid groups (broad SMARTS) is 1. The molecule has 0 radical (unpaired) electrons. The van der Waals surface area contributed by atoms with E-state index in [1.165, 1.54) is 48.4 Å². The van der Waals surface area contributed by atoms with Crippen LogP contribution in [-0.2, 0) is 17.8 Å². The van der Waals surface area contributed by atoms with Gasteiger partial charge in [0.05, 0.1) is 31.4 Å². The lowest BCUT2D eigenvalue weighted by Gasteiger charge is -2.19. The molecule has 2 atom stereocenters. The van der Waals surface area contributed by atoms with Gasteiger partial charge in [0.25, 0.3) is 5.91 Å². The van der Waals surface area contributed by atoms with Gasteiger partial charge in [-0.1, -0.05) is 19.9 Å². The fraction of sp³-hybridized carbons (Fsp3) is 0.414. The van der Waals surface area contributed by atoms with Gasteiger partial charge < -0.3 is 25.0 Å². The van der Waals surface area contributed by atoms with Gasteiger partial charge in [0.2, 0.25) is 0 Å². The van der Waals surface area contributed by atoms with Gasteiger partial charge in [-0.25, -0.2) is 13.5 Å². The van der Waals surface area contributed by atoms with E-state index in [9.17, 15) is 28.6 Å². The minimum absolute atomic E-state index is 0.0974. The number of carboxylic acids is 1. The topological polar surface area (TPSA) is 125 Å². The smallest absolute Gasteiger partial charge is 0.305 e. The van der Waals surface area contributed by atoms with Crippen molar-refractivity contribution in [3.63, 3.8) is 0 Å². The Balaban J connectivity index is 1.95. The second-order valence-electron chi connectivity index (χ2n) is 10.1. The van der Waals surface area contributed by atoms with Crippen LogP contribution in [0.2, 0.25) is 0 Å².